The number of rotatable bonds is 7. The molecule has 154 valence electrons. The summed E-state index contributed by atoms with van der Waals surface area (Å²) in [5, 5.41) is 1.02. The number of hydrogen-bond donors (Lipinski definition) is 0. The molecule has 28 heavy (non-hydrogen) atoms. The van der Waals surface area contributed by atoms with Gasteiger partial charge in [-0.15, -0.1) is 6.58 Å². The average molecular weight is 408 g/mol. The summed E-state index contributed by atoms with van der Waals surface area (Å²) in [7, 11) is -0.0487. The van der Waals surface area contributed by atoms with Crippen LogP contribution in [-0.4, -0.2) is 87.5 Å². The molecule has 0 N–H and O–H groups in total. The quantitative estimate of drug-likeness (QED) is 0.638. The molecule has 0 amide bonds. The molecule has 2 aliphatic heterocycles. The van der Waals surface area contributed by atoms with Crippen LogP contribution in [0.25, 0.3) is 6.08 Å². The Morgan fingerprint density at radius 3 is 2.50 bits per heavy atom. The van der Waals surface area contributed by atoms with Crippen LogP contribution in [0.1, 0.15) is 5.56 Å². The first-order chi connectivity index (χ1) is 13.5. The zero-order valence-electron chi connectivity index (χ0n) is 16.5. The summed E-state index contributed by atoms with van der Waals surface area (Å²) >= 11 is 0. The molecule has 2 fully saturated rings. The number of benzene rings is 1. The van der Waals surface area contributed by atoms with Crippen molar-refractivity contribution >= 4 is 16.1 Å². The molecule has 7 nitrogen and oxygen atoms in total. The molecule has 2 saturated heterocycles. The molecule has 2 aliphatic rings. The lowest BCUT2D eigenvalue weighted by atomic mass is 10.1. The van der Waals surface area contributed by atoms with Gasteiger partial charge in [0.05, 0.1) is 19.8 Å². The molecule has 0 saturated carbocycles. The van der Waals surface area contributed by atoms with E-state index in [0.717, 1.165) is 30.9 Å². The predicted molar refractivity (Wildman–Crippen MR) is 110 cm³/mol. The summed E-state index contributed by atoms with van der Waals surface area (Å²) in [6.45, 7) is 7.16. The first-order valence-corrected chi connectivity index (χ1v) is 11.0. The summed E-state index contributed by atoms with van der Waals surface area (Å²) in [6, 6.07) is 7.30. The van der Waals surface area contributed by atoms with Crippen LogP contribution in [0.4, 0.5) is 0 Å². The predicted octanol–water partition coefficient (Wildman–Crippen LogP) is 1.46. The lowest BCUT2D eigenvalue weighted by Gasteiger charge is -2.35. The minimum Gasteiger partial charge on any atom is -0.497 e. The Bertz CT molecular complexity index is 786. The van der Waals surface area contributed by atoms with Crippen molar-refractivity contribution in [1.29, 1.82) is 0 Å². The number of methoxy groups -OCH3 is 1. The van der Waals surface area contributed by atoms with Crippen molar-refractivity contribution in [2.75, 3.05) is 53.5 Å². The fourth-order valence-corrected chi connectivity index (χ4v) is 5.49. The molecule has 0 aliphatic carbocycles. The second-order valence-electron chi connectivity index (χ2n) is 7.04. The highest BCUT2D eigenvalue weighted by molar-refractivity contribution is 7.89. The summed E-state index contributed by atoms with van der Waals surface area (Å²) in [5.74, 6) is 0.787. The van der Waals surface area contributed by atoms with Crippen LogP contribution in [0.3, 0.4) is 0 Å². The monoisotopic (exact) mass is 407 g/mol. The second kappa shape index (κ2) is 9.19. The van der Waals surface area contributed by atoms with Crippen molar-refractivity contribution < 1.29 is 18.0 Å². The Kier molecular flexibility index (Phi) is 6.90. The van der Waals surface area contributed by atoms with Crippen molar-refractivity contribution in [1.82, 2.24) is 14.3 Å². The van der Waals surface area contributed by atoms with Gasteiger partial charge in [-0.2, -0.15) is 9.37 Å². The summed E-state index contributed by atoms with van der Waals surface area (Å²) < 4.78 is 33.2. The van der Waals surface area contributed by atoms with Crippen molar-refractivity contribution in [3.63, 3.8) is 0 Å². The van der Waals surface area contributed by atoms with Crippen LogP contribution >= 0.6 is 0 Å². The summed E-state index contributed by atoms with van der Waals surface area (Å²) in [4.78, 5) is 7.78. The molecule has 8 heteroatoms. The Balaban J connectivity index is 1.71. The molecule has 2 heterocycles. The van der Waals surface area contributed by atoms with Gasteiger partial charge in [0.1, 0.15) is 11.0 Å². The van der Waals surface area contributed by atoms with Crippen LogP contribution in [0, 0.1) is 0 Å². The standard InChI is InChI=1S/C20H29N3O4S/c1-4-11-22-12-14-23(15-13-22)28(24,25)20-16-27-21(2)19(20)10-7-17-5-8-18(26-3)9-6-17/h4-10,19-20H,1,11-16H2,2-3H3/b10-7+/t19-,20-/m1/s1. The van der Waals surface area contributed by atoms with E-state index < -0.39 is 15.3 Å². The highest BCUT2D eigenvalue weighted by atomic mass is 32.2. The van der Waals surface area contributed by atoms with E-state index in [1.54, 1.807) is 23.5 Å². The normalized spacial score (nSPS) is 25.4. The van der Waals surface area contributed by atoms with Crippen LogP contribution in [0.5, 0.6) is 5.75 Å². The maximum atomic E-state index is 13.2. The van der Waals surface area contributed by atoms with E-state index in [1.165, 1.54) is 0 Å². The Morgan fingerprint density at radius 1 is 1.21 bits per heavy atom. The van der Waals surface area contributed by atoms with Crippen molar-refractivity contribution in [3.05, 3.63) is 48.6 Å². The molecule has 1 aromatic carbocycles. The van der Waals surface area contributed by atoms with Gasteiger partial charge < -0.3 is 4.74 Å². The average Bonchev–Trinajstić information content (AvgIpc) is 3.09. The number of sulfonamides is 1. The summed E-state index contributed by atoms with van der Waals surface area (Å²) in [5.41, 5.74) is 0.982. The fraction of sp³-hybridized carbons (Fsp3) is 0.500. The first-order valence-electron chi connectivity index (χ1n) is 9.46. The number of nitrogens with zero attached hydrogens (tertiary/aromatic N) is 3. The van der Waals surface area contributed by atoms with Gasteiger partial charge in [-0.25, -0.2) is 8.42 Å². The third-order valence-corrected chi connectivity index (χ3v) is 7.57. The van der Waals surface area contributed by atoms with E-state index in [0.29, 0.717) is 13.1 Å². The summed E-state index contributed by atoms with van der Waals surface area (Å²) in [6.07, 6.45) is 5.69. The number of hydroxylamine groups is 2. The van der Waals surface area contributed by atoms with Gasteiger partial charge in [0.15, 0.2) is 0 Å². The molecule has 3 rings (SSSR count). The molecule has 2 atom stereocenters. The molecule has 0 aromatic heterocycles. The zero-order valence-corrected chi connectivity index (χ0v) is 17.3. The van der Waals surface area contributed by atoms with E-state index in [2.05, 4.69) is 11.5 Å². The SMILES string of the molecule is C=CCN1CCN(S(=O)(=O)[C@@H]2CON(C)[C@@H]2/C=C/c2ccc(OC)cc2)CC1. The minimum absolute atomic E-state index is 0.170. The van der Waals surface area contributed by atoms with Gasteiger partial charge in [-0.1, -0.05) is 30.4 Å². The van der Waals surface area contributed by atoms with E-state index in [9.17, 15) is 8.42 Å². The maximum absolute atomic E-state index is 13.2. The molecule has 0 radical (unpaired) electrons. The molecule has 0 spiro atoms. The van der Waals surface area contributed by atoms with Crippen LogP contribution in [0.2, 0.25) is 0 Å². The molecule has 0 unspecified atom stereocenters. The van der Waals surface area contributed by atoms with E-state index >= 15 is 0 Å². The molecular formula is C20H29N3O4S. The smallest absolute Gasteiger partial charge is 0.221 e. The Morgan fingerprint density at radius 2 is 1.89 bits per heavy atom. The van der Waals surface area contributed by atoms with Crippen molar-refractivity contribution in [2.24, 2.45) is 0 Å². The number of piperazine rings is 1. The largest absolute Gasteiger partial charge is 0.497 e. The number of hydrogen-bond acceptors (Lipinski definition) is 6. The van der Waals surface area contributed by atoms with Crippen molar-refractivity contribution in [2.45, 2.75) is 11.3 Å². The zero-order chi connectivity index (χ0) is 20.1. The van der Waals surface area contributed by atoms with E-state index in [4.69, 9.17) is 9.57 Å². The van der Waals surface area contributed by atoms with Gasteiger partial charge in [0.2, 0.25) is 10.0 Å². The van der Waals surface area contributed by atoms with Gasteiger partial charge in [0, 0.05) is 39.8 Å². The van der Waals surface area contributed by atoms with E-state index in [1.807, 2.05) is 42.5 Å². The van der Waals surface area contributed by atoms with Crippen LogP contribution in [-0.2, 0) is 14.9 Å². The first kappa shape index (κ1) is 21.0. The Hall–Kier alpha value is -1.71. The van der Waals surface area contributed by atoms with E-state index in [-0.39, 0.29) is 12.6 Å². The molecule has 0 bridgehead atoms. The second-order valence-corrected chi connectivity index (χ2v) is 9.19. The topological polar surface area (TPSA) is 62.3 Å². The highest BCUT2D eigenvalue weighted by Crippen LogP contribution is 2.26. The highest BCUT2D eigenvalue weighted by Gasteiger charge is 2.44. The van der Waals surface area contributed by atoms with Crippen molar-refractivity contribution in [3.8, 4) is 5.75 Å². The number of ether oxygens (including phenoxy) is 1. The van der Waals surface area contributed by atoms with Gasteiger partial charge >= 0.3 is 0 Å². The fourth-order valence-electron chi connectivity index (χ4n) is 3.58. The minimum atomic E-state index is -3.45. The van der Waals surface area contributed by atoms with Crippen LogP contribution < -0.4 is 4.74 Å². The maximum Gasteiger partial charge on any atom is 0.221 e. The van der Waals surface area contributed by atoms with Crippen LogP contribution in [0.15, 0.2) is 43.0 Å². The molecule has 1 aromatic rings. The third kappa shape index (κ3) is 4.64. The number of likely N-dealkylation sites (N-methyl/N-ethyl adjacent to an activating group) is 1. The van der Waals surface area contributed by atoms with Gasteiger partial charge in [-0.05, 0) is 17.7 Å². The van der Waals surface area contributed by atoms with Gasteiger partial charge in [-0.3, -0.25) is 9.74 Å². The Labute approximate surface area is 167 Å². The lowest BCUT2D eigenvalue weighted by molar-refractivity contribution is -0.100. The lowest BCUT2D eigenvalue weighted by Crippen LogP contribution is -2.53. The molecular weight excluding hydrogens is 378 g/mol. The third-order valence-electron chi connectivity index (χ3n) is 5.31. The van der Waals surface area contributed by atoms with Gasteiger partial charge in [0.25, 0.3) is 0 Å².